The van der Waals surface area contributed by atoms with E-state index in [1.54, 1.807) is 12.5 Å². The Labute approximate surface area is 65.2 Å². The summed E-state index contributed by atoms with van der Waals surface area (Å²) >= 11 is 0. The maximum absolute atomic E-state index is 5.16. The molecule has 0 N–H and O–H groups in total. The molecule has 1 aromatic rings. The third-order valence-electron chi connectivity index (χ3n) is 1.72. The van der Waals surface area contributed by atoms with Crippen LogP contribution in [0.3, 0.4) is 0 Å². The van der Waals surface area contributed by atoms with E-state index in [1.807, 2.05) is 6.08 Å². The van der Waals surface area contributed by atoms with Gasteiger partial charge in [0.05, 0.1) is 6.20 Å². The van der Waals surface area contributed by atoms with Crippen LogP contribution in [0.15, 0.2) is 35.1 Å². The summed E-state index contributed by atoms with van der Waals surface area (Å²) in [5, 5.41) is 0. The fourth-order valence-electron chi connectivity index (χ4n) is 1.16. The molecule has 0 saturated heterocycles. The van der Waals surface area contributed by atoms with Gasteiger partial charge in [-0.1, -0.05) is 18.2 Å². The smallest absolute Gasteiger partial charge is 0.221 e. The normalized spacial score (nSPS) is 16.5. The van der Waals surface area contributed by atoms with Crippen LogP contribution >= 0.6 is 0 Å². The Bertz CT molecular complexity index is 283. The molecule has 0 unspecified atom stereocenters. The largest absolute Gasteiger partial charge is 0.445 e. The van der Waals surface area contributed by atoms with E-state index < -0.39 is 0 Å². The van der Waals surface area contributed by atoms with Crippen LogP contribution in [0.2, 0.25) is 0 Å². The summed E-state index contributed by atoms with van der Waals surface area (Å²) in [6.07, 6.45) is 11.7. The van der Waals surface area contributed by atoms with Gasteiger partial charge in [0.1, 0.15) is 6.26 Å². The number of oxazole rings is 1. The zero-order valence-corrected chi connectivity index (χ0v) is 6.16. The topological polar surface area (TPSA) is 26.0 Å². The van der Waals surface area contributed by atoms with Crippen molar-refractivity contribution in [3.8, 4) is 0 Å². The molecule has 0 saturated carbocycles. The Morgan fingerprint density at radius 1 is 1.45 bits per heavy atom. The molecule has 11 heavy (non-hydrogen) atoms. The van der Waals surface area contributed by atoms with Crippen LogP contribution in [-0.4, -0.2) is 4.98 Å². The molecule has 1 aliphatic carbocycles. The van der Waals surface area contributed by atoms with Gasteiger partial charge in [-0.05, 0) is 12.8 Å². The number of allylic oxidation sites excluding steroid dienone is 4. The fourth-order valence-corrected chi connectivity index (χ4v) is 1.16. The molecule has 1 heterocycles. The molecule has 2 heteroatoms. The second kappa shape index (κ2) is 2.74. The second-order valence-electron chi connectivity index (χ2n) is 2.50. The Morgan fingerprint density at radius 3 is 3.09 bits per heavy atom. The van der Waals surface area contributed by atoms with Gasteiger partial charge in [0.15, 0.2) is 0 Å². The van der Waals surface area contributed by atoms with Crippen molar-refractivity contribution in [2.45, 2.75) is 12.8 Å². The predicted molar refractivity (Wildman–Crippen MR) is 42.9 cm³/mol. The number of hydrogen-bond acceptors (Lipinski definition) is 2. The molecule has 0 bridgehead atoms. The summed E-state index contributed by atoms with van der Waals surface area (Å²) in [7, 11) is 0. The quantitative estimate of drug-likeness (QED) is 0.609. The summed E-state index contributed by atoms with van der Waals surface area (Å²) in [5.41, 5.74) is 1.19. The first-order valence-corrected chi connectivity index (χ1v) is 3.72. The zero-order chi connectivity index (χ0) is 7.52. The van der Waals surface area contributed by atoms with Gasteiger partial charge in [0.2, 0.25) is 5.89 Å². The van der Waals surface area contributed by atoms with E-state index >= 15 is 0 Å². The van der Waals surface area contributed by atoms with Crippen molar-refractivity contribution in [3.63, 3.8) is 0 Å². The molecule has 0 aliphatic heterocycles. The van der Waals surface area contributed by atoms with E-state index in [9.17, 15) is 0 Å². The summed E-state index contributed by atoms with van der Waals surface area (Å²) in [6, 6.07) is 0. The minimum Gasteiger partial charge on any atom is -0.445 e. The Kier molecular flexibility index (Phi) is 1.60. The first kappa shape index (κ1) is 6.40. The van der Waals surface area contributed by atoms with Crippen LogP contribution in [0, 0.1) is 0 Å². The van der Waals surface area contributed by atoms with E-state index in [-0.39, 0.29) is 0 Å². The third-order valence-corrected chi connectivity index (χ3v) is 1.72. The van der Waals surface area contributed by atoms with Crippen LogP contribution in [0.4, 0.5) is 0 Å². The van der Waals surface area contributed by atoms with E-state index in [1.165, 1.54) is 5.57 Å². The maximum Gasteiger partial charge on any atom is 0.221 e. The van der Waals surface area contributed by atoms with Crippen molar-refractivity contribution in [1.82, 2.24) is 4.98 Å². The van der Waals surface area contributed by atoms with E-state index in [0.717, 1.165) is 18.7 Å². The summed E-state index contributed by atoms with van der Waals surface area (Å²) < 4.78 is 5.16. The lowest BCUT2D eigenvalue weighted by Gasteiger charge is -2.02. The van der Waals surface area contributed by atoms with E-state index in [2.05, 4.69) is 17.1 Å². The average Bonchev–Trinajstić information content (AvgIpc) is 2.58. The van der Waals surface area contributed by atoms with Crippen LogP contribution in [-0.2, 0) is 0 Å². The molecular weight excluding hydrogens is 138 g/mol. The third kappa shape index (κ3) is 1.24. The van der Waals surface area contributed by atoms with Crippen LogP contribution < -0.4 is 0 Å². The van der Waals surface area contributed by atoms with Gasteiger partial charge in [-0.2, -0.15) is 0 Å². The van der Waals surface area contributed by atoms with Gasteiger partial charge in [-0.25, -0.2) is 4.98 Å². The minimum absolute atomic E-state index is 0.759. The van der Waals surface area contributed by atoms with E-state index in [0.29, 0.717) is 0 Å². The molecule has 2 nitrogen and oxygen atoms in total. The van der Waals surface area contributed by atoms with Crippen molar-refractivity contribution < 1.29 is 4.42 Å². The standard InChI is InChI=1S/C9H9NO/c1-2-4-8(5-3-1)9-10-6-7-11-9/h1-2,4,6-7H,3,5H2. The Morgan fingerprint density at radius 2 is 2.45 bits per heavy atom. The van der Waals surface area contributed by atoms with Crippen molar-refractivity contribution in [2.75, 3.05) is 0 Å². The highest BCUT2D eigenvalue weighted by Crippen LogP contribution is 2.21. The van der Waals surface area contributed by atoms with Gasteiger partial charge in [-0.15, -0.1) is 0 Å². The molecule has 1 aromatic heterocycles. The van der Waals surface area contributed by atoms with Gasteiger partial charge in [0.25, 0.3) is 0 Å². The Balaban J connectivity index is 2.29. The lowest BCUT2D eigenvalue weighted by Crippen LogP contribution is -1.86. The lowest BCUT2D eigenvalue weighted by atomic mass is 10.1. The highest BCUT2D eigenvalue weighted by molar-refractivity contribution is 5.61. The van der Waals surface area contributed by atoms with Crippen molar-refractivity contribution in [1.29, 1.82) is 0 Å². The van der Waals surface area contributed by atoms with Crippen molar-refractivity contribution >= 4 is 5.57 Å². The number of nitrogens with zero attached hydrogens (tertiary/aromatic N) is 1. The maximum atomic E-state index is 5.16. The molecular formula is C9H9NO. The fraction of sp³-hybridized carbons (Fsp3) is 0.222. The number of aromatic nitrogens is 1. The molecule has 0 fully saturated rings. The average molecular weight is 147 g/mol. The van der Waals surface area contributed by atoms with Crippen LogP contribution in [0.1, 0.15) is 18.7 Å². The highest BCUT2D eigenvalue weighted by atomic mass is 16.3. The van der Waals surface area contributed by atoms with Gasteiger partial charge < -0.3 is 4.42 Å². The SMILES string of the molecule is C1=CCCC(c2ncco2)=C1. The number of rotatable bonds is 1. The van der Waals surface area contributed by atoms with Crippen LogP contribution in [0.5, 0.6) is 0 Å². The molecule has 0 atom stereocenters. The van der Waals surface area contributed by atoms with Gasteiger partial charge in [0, 0.05) is 5.57 Å². The number of hydrogen-bond donors (Lipinski definition) is 0. The zero-order valence-electron chi connectivity index (χ0n) is 6.16. The first-order chi connectivity index (χ1) is 5.47. The molecule has 56 valence electrons. The van der Waals surface area contributed by atoms with Gasteiger partial charge in [-0.3, -0.25) is 0 Å². The highest BCUT2D eigenvalue weighted by Gasteiger charge is 2.05. The predicted octanol–water partition coefficient (Wildman–Crippen LogP) is 2.41. The van der Waals surface area contributed by atoms with Crippen molar-refractivity contribution in [3.05, 3.63) is 36.6 Å². The van der Waals surface area contributed by atoms with Crippen LogP contribution in [0.25, 0.3) is 5.57 Å². The molecule has 2 rings (SSSR count). The molecule has 0 spiro atoms. The lowest BCUT2D eigenvalue weighted by molar-refractivity contribution is 0.539. The molecule has 0 radical (unpaired) electrons. The Hall–Kier alpha value is -1.31. The molecule has 0 amide bonds. The monoisotopic (exact) mass is 147 g/mol. The van der Waals surface area contributed by atoms with Gasteiger partial charge >= 0.3 is 0 Å². The first-order valence-electron chi connectivity index (χ1n) is 3.72. The molecule has 1 aliphatic rings. The summed E-state index contributed by atoms with van der Waals surface area (Å²) in [4.78, 5) is 4.07. The minimum atomic E-state index is 0.759. The molecule has 0 aromatic carbocycles. The van der Waals surface area contributed by atoms with Crippen molar-refractivity contribution in [2.24, 2.45) is 0 Å². The second-order valence-corrected chi connectivity index (χ2v) is 2.50. The summed E-state index contributed by atoms with van der Waals surface area (Å²) in [5.74, 6) is 0.759. The van der Waals surface area contributed by atoms with E-state index in [4.69, 9.17) is 4.42 Å². The summed E-state index contributed by atoms with van der Waals surface area (Å²) in [6.45, 7) is 0.